The van der Waals surface area contributed by atoms with Gasteiger partial charge >= 0.3 is 0 Å². The van der Waals surface area contributed by atoms with Crippen molar-refractivity contribution in [3.8, 4) is 0 Å². The second-order valence-corrected chi connectivity index (χ2v) is 4.16. The van der Waals surface area contributed by atoms with Gasteiger partial charge in [0, 0.05) is 13.1 Å². The lowest BCUT2D eigenvalue weighted by atomic mass is 10.1. The van der Waals surface area contributed by atoms with Crippen LogP contribution in [0.4, 0.5) is 8.78 Å². The van der Waals surface area contributed by atoms with Crippen molar-refractivity contribution in [3.63, 3.8) is 0 Å². The van der Waals surface area contributed by atoms with Crippen LogP contribution in [0.3, 0.4) is 0 Å². The molecule has 1 fully saturated rings. The molecule has 82 valence electrons. The second kappa shape index (κ2) is 4.55. The first-order valence-electron chi connectivity index (χ1n) is 4.65. The lowest BCUT2D eigenvalue weighted by Crippen LogP contribution is -2.33. The maximum atomic E-state index is 13.2. The van der Waals surface area contributed by atoms with E-state index in [9.17, 15) is 8.78 Å². The number of hydrogen-bond donors (Lipinski definition) is 1. The van der Waals surface area contributed by atoms with Crippen LogP contribution >= 0.6 is 15.9 Å². The van der Waals surface area contributed by atoms with Gasteiger partial charge in [-0.25, -0.2) is 8.78 Å². The third-order valence-corrected chi connectivity index (χ3v) is 3.06. The predicted octanol–water partition coefficient (Wildman–Crippen LogP) is 2.39. The summed E-state index contributed by atoms with van der Waals surface area (Å²) in [6.45, 7) is 1.92. The van der Waals surface area contributed by atoms with Gasteiger partial charge in [0.2, 0.25) is 0 Å². The highest BCUT2D eigenvalue weighted by atomic mass is 79.9. The van der Waals surface area contributed by atoms with Crippen molar-refractivity contribution < 1.29 is 13.5 Å². The number of benzene rings is 1. The van der Waals surface area contributed by atoms with E-state index in [4.69, 9.17) is 4.74 Å². The molecule has 0 amide bonds. The minimum Gasteiger partial charge on any atom is -0.371 e. The van der Waals surface area contributed by atoms with Gasteiger partial charge in [0.05, 0.1) is 17.2 Å². The Kier molecular flexibility index (Phi) is 3.33. The molecule has 0 aromatic heterocycles. The van der Waals surface area contributed by atoms with Crippen LogP contribution < -0.4 is 5.32 Å². The number of rotatable bonds is 1. The van der Waals surface area contributed by atoms with Crippen LogP contribution in [0.25, 0.3) is 0 Å². The number of nitrogens with one attached hydrogen (secondary N) is 1. The molecule has 1 N–H and O–H groups in total. The Morgan fingerprint density at radius 1 is 1.33 bits per heavy atom. The fourth-order valence-electron chi connectivity index (χ4n) is 1.54. The molecule has 1 saturated heterocycles. The first-order valence-corrected chi connectivity index (χ1v) is 5.44. The van der Waals surface area contributed by atoms with Gasteiger partial charge in [-0.1, -0.05) is 0 Å². The lowest BCUT2D eigenvalue weighted by Gasteiger charge is -2.24. The van der Waals surface area contributed by atoms with Crippen LogP contribution in [-0.2, 0) is 4.74 Å². The third kappa shape index (κ3) is 2.35. The molecule has 1 aromatic carbocycles. The van der Waals surface area contributed by atoms with Crippen molar-refractivity contribution >= 4 is 15.9 Å². The molecule has 1 aromatic rings. The van der Waals surface area contributed by atoms with E-state index in [-0.39, 0.29) is 10.6 Å². The largest absolute Gasteiger partial charge is 0.371 e. The first kappa shape index (κ1) is 11.0. The van der Waals surface area contributed by atoms with Crippen molar-refractivity contribution in [2.75, 3.05) is 19.7 Å². The standard InChI is InChI=1S/C10H10BrF2NO/c11-10-7(12)3-6(4-8(10)13)9-5-14-1-2-15-9/h3-4,9,14H,1-2,5H2. The van der Waals surface area contributed by atoms with Gasteiger partial charge in [0.15, 0.2) is 0 Å². The summed E-state index contributed by atoms with van der Waals surface area (Å²) in [5.74, 6) is -1.20. The predicted molar refractivity (Wildman–Crippen MR) is 55.6 cm³/mol. The molecule has 1 atom stereocenters. The number of ether oxygens (including phenoxy) is 1. The summed E-state index contributed by atoms with van der Waals surface area (Å²) in [6.07, 6.45) is -0.268. The van der Waals surface area contributed by atoms with Crippen molar-refractivity contribution in [3.05, 3.63) is 33.8 Å². The molecule has 0 radical (unpaired) electrons. The fourth-order valence-corrected chi connectivity index (χ4v) is 1.77. The lowest BCUT2D eigenvalue weighted by molar-refractivity contribution is 0.0273. The van der Waals surface area contributed by atoms with E-state index in [1.165, 1.54) is 12.1 Å². The normalized spacial score (nSPS) is 21.7. The summed E-state index contributed by atoms with van der Waals surface area (Å²) in [4.78, 5) is 0. The summed E-state index contributed by atoms with van der Waals surface area (Å²) in [6, 6.07) is 2.59. The Morgan fingerprint density at radius 3 is 2.53 bits per heavy atom. The zero-order valence-corrected chi connectivity index (χ0v) is 9.48. The molecule has 1 unspecified atom stereocenters. The van der Waals surface area contributed by atoms with E-state index in [2.05, 4.69) is 21.2 Å². The Labute approximate surface area is 94.7 Å². The van der Waals surface area contributed by atoms with Crippen LogP contribution in [-0.4, -0.2) is 19.7 Å². The first-order chi connectivity index (χ1) is 7.18. The molecule has 0 bridgehead atoms. The molecule has 15 heavy (non-hydrogen) atoms. The van der Waals surface area contributed by atoms with Gasteiger partial charge < -0.3 is 10.1 Å². The highest BCUT2D eigenvalue weighted by molar-refractivity contribution is 9.10. The van der Waals surface area contributed by atoms with E-state index in [1.807, 2.05) is 0 Å². The number of hydrogen-bond acceptors (Lipinski definition) is 2. The second-order valence-electron chi connectivity index (χ2n) is 3.36. The minimum atomic E-state index is -0.598. The van der Waals surface area contributed by atoms with Gasteiger partial charge in [-0.3, -0.25) is 0 Å². The van der Waals surface area contributed by atoms with Gasteiger partial charge in [0.25, 0.3) is 0 Å². The summed E-state index contributed by atoms with van der Waals surface area (Å²) in [7, 11) is 0. The van der Waals surface area contributed by atoms with Gasteiger partial charge in [-0.05, 0) is 33.6 Å². The van der Waals surface area contributed by atoms with Crippen LogP contribution in [0, 0.1) is 11.6 Å². The fraction of sp³-hybridized carbons (Fsp3) is 0.400. The van der Waals surface area contributed by atoms with Crippen molar-refractivity contribution in [1.82, 2.24) is 5.32 Å². The summed E-state index contributed by atoms with van der Waals surface area (Å²) >= 11 is 2.83. The van der Waals surface area contributed by atoms with E-state index >= 15 is 0 Å². The minimum absolute atomic E-state index is 0.130. The van der Waals surface area contributed by atoms with E-state index < -0.39 is 11.6 Å². The molecule has 1 aliphatic rings. The van der Waals surface area contributed by atoms with Crippen molar-refractivity contribution in [2.45, 2.75) is 6.10 Å². The summed E-state index contributed by atoms with van der Waals surface area (Å²) < 4.78 is 31.7. The molecule has 0 saturated carbocycles. The van der Waals surface area contributed by atoms with Gasteiger partial charge in [-0.15, -0.1) is 0 Å². The van der Waals surface area contributed by atoms with Crippen LogP contribution in [0.1, 0.15) is 11.7 Å². The molecule has 0 aliphatic carbocycles. The Hall–Kier alpha value is -0.520. The molecule has 1 aliphatic heterocycles. The molecular formula is C10H10BrF2NO. The van der Waals surface area contributed by atoms with Gasteiger partial charge in [0.1, 0.15) is 11.6 Å². The Morgan fingerprint density at radius 2 is 2.00 bits per heavy atom. The van der Waals surface area contributed by atoms with Crippen molar-refractivity contribution in [1.29, 1.82) is 0 Å². The molecule has 5 heteroatoms. The van der Waals surface area contributed by atoms with E-state index in [1.54, 1.807) is 0 Å². The maximum Gasteiger partial charge on any atom is 0.140 e. The molecular weight excluding hydrogens is 268 g/mol. The van der Waals surface area contributed by atoms with Gasteiger partial charge in [-0.2, -0.15) is 0 Å². The molecule has 2 rings (SSSR count). The smallest absolute Gasteiger partial charge is 0.140 e. The molecule has 2 nitrogen and oxygen atoms in total. The average Bonchev–Trinajstić information content (AvgIpc) is 2.26. The topological polar surface area (TPSA) is 21.3 Å². The zero-order chi connectivity index (χ0) is 10.8. The van der Waals surface area contributed by atoms with Crippen LogP contribution in [0.15, 0.2) is 16.6 Å². The number of halogens is 3. The third-order valence-electron chi connectivity index (χ3n) is 2.31. The molecule has 0 spiro atoms. The molecule has 1 heterocycles. The highest BCUT2D eigenvalue weighted by Crippen LogP contribution is 2.26. The monoisotopic (exact) mass is 277 g/mol. The summed E-state index contributed by atoms with van der Waals surface area (Å²) in [5, 5.41) is 3.11. The average molecular weight is 278 g/mol. The van der Waals surface area contributed by atoms with Crippen molar-refractivity contribution in [2.24, 2.45) is 0 Å². The number of morpholine rings is 1. The Balaban J connectivity index is 2.27. The SMILES string of the molecule is Fc1cc(C2CNCCO2)cc(F)c1Br. The quantitative estimate of drug-likeness (QED) is 0.796. The van der Waals surface area contributed by atoms with E-state index in [0.29, 0.717) is 18.7 Å². The maximum absolute atomic E-state index is 13.2. The Bertz CT molecular complexity index is 343. The highest BCUT2D eigenvalue weighted by Gasteiger charge is 2.18. The van der Waals surface area contributed by atoms with E-state index in [0.717, 1.165) is 6.54 Å². The van der Waals surface area contributed by atoms with Crippen LogP contribution in [0.2, 0.25) is 0 Å². The van der Waals surface area contributed by atoms with Crippen LogP contribution in [0.5, 0.6) is 0 Å². The summed E-state index contributed by atoms with van der Waals surface area (Å²) in [5.41, 5.74) is 0.528. The zero-order valence-electron chi connectivity index (χ0n) is 7.90.